The Morgan fingerprint density at radius 1 is 1.31 bits per heavy atom. The molecule has 1 saturated heterocycles. The fourth-order valence-electron chi connectivity index (χ4n) is 2.35. The lowest BCUT2D eigenvalue weighted by Crippen LogP contribution is -2.50. The van der Waals surface area contributed by atoms with E-state index in [-0.39, 0.29) is 28.7 Å². The molecule has 0 unspecified atom stereocenters. The number of carbonyl (C=O) groups is 1. The van der Waals surface area contributed by atoms with Gasteiger partial charge in [0.05, 0.1) is 19.3 Å². The van der Waals surface area contributed by atoms with Crippen LogP contribution in [-0.2, 0) is 9.47 Å². The number of hydrogen-bond donors (Lipinski definition) is 1. The van der Waals surface area contributed by atoms with E-state index in [4.69, 9.17) is 37.4 Å². The zero-order valence-electron chi connectivity index (χ0n) is 15.1. The van der Waals surface area contributed by atoms with Crippen molar-refractivity contribution in [2.24, 2.45) is 0 Å². The number of carbonyl (C=O) groups excluding carboxylic acids is 1. The predicted octanol–water partition coefficient (Wildman–Crippen LogP) is 2.39. The van der Waals surface area contributed by atoms with Crippen LogP contribution in [0.1, 0.15) is 20.8 Å². The number of ether oxygens (including phenoxy) is 3. The Morgan fingerprint density at radius 3 is 2.50 bits per heavy atom. The van der Waals surface area contributed by atoms with Crippen LogP contribution in [0.4, 0.5) is 4.79 Å². The summed E-state index contributed by atoms with van der Waals surface area (Å²) >= 11 is 12.0. The summed E-state index contributed by atoms with van der Waals surface area (Å²) in [5.74, 6) is 0.189. The van der Waals surface area contributed by atoms with Crippen LogP contribution in [0, 0.1) is 0 Å². The van der Waals surface area contributed by atoms with Gasteiger partial charge in [0.2, 0.25) is 0 Å². The first kappa shape index (κ1) is 21.0. The van der Waals surface area contributed by atoms with Crippen LogP contribution in [0.15, 0.2) is 6.33 Å². The maximum Gasteiger partial charge on any atom is 0.408 e. The van der Waals surface area contributed by atoms with Crippen molar-refractivity contribution in [1.82, 2.24) is 20.2 Å². The lowest BCUT2D eigenvalue weighted by molar-refractivity contribution is 0.0254. The van der Waals surface area contributed by atoms with Gasteiger partial charge in [-0.1, -0.05) is 23.2 Å². The Bertz CT molecular complexity index is 586. The molecule has 1 aromatic heterocycles. The van der Waals surface area contributed by atoms with Crippen LogP contribution in [0.5, 0.6) is 5.75 Å². The van der Waals surface area contributed by atoms with Crippen molar-refractivity contribution in [2.75, 3.05) is 39.5 Å². The third-order valence-electron chi connectivity index (χ3n) is 3.45. The van der Waals surface area contributed by atoms with Crippen molar-refractivity contribution in [3.8, 4) is 5.75 Å². The normalized spacial score (nSPS) is 16.8. The smallest absolute Gasteiger partial charge is 0.408 e. The summed E-state index contributed by atoms with van der Waals surface area (Å²) in [5.41, 5.74) is -0.589. The number of aromatic nitrogens is 2. The molecule has 1 fully saturated rings. The Labute approximate surface area is 163 Å². The maximum absolute atomic E-state index is 12.1. The molecule has 1 aromatic rings. The van der Waals surface area contributed by atoms with Gasteiger partial charge in [0.25, 0.3) is 0 Å². The van der Waals surface area contributed by atoms with E-state index in [9.17, 15) is 4.79 Å². The molecule has 10 heteroatoms. The van der Waals surface area contributed by atoms with E-state index in [2.05, 4.69) is 20.2 Å². The van der Waals surface area contributed by atoms with Gasteiger partial charge in [0.1, 0.15) is 18.5 Å². The molecule has 0 aliphatic carbocycles. The molecule has 2 heterocycles. The molecule has 1 aliphatic heterocycles. The SMILES string of the molecule is CC(C)(C)OC(=O)N[C@@H](COc1c(Cl)ncnc1Cl)CN1CCOCC1. The van der Waals surface area contributed by atoms with Crippen molar-refractivity contribution >= 4 is 29.3 Å². The number of nitrogens with one attached hydrogen (secondary N) is 1. The van der Waals surface area contributed by atoms with Gasteiger partial charge in [0, 0.05) is 19.6 Å². The highest BCUT2D eigenvalue weighted by molar-refractivity contribution is 6.35. The molecule has 0 radical (unpaired) electrons. The summed E-state index contributed by atoms with van der Waals surface area (Å²) in [6, 6.07) is -0.338. The van der Waals surface area contributed by atoms with Crippen LogP contribution in [0.3, 0.4) is 0 Å². The van der Waals surface area contributed by atoms with Gasteiger partial charge in [-0.25, -0.2) is 14.8 Å². The largest absolute Gasteiger partial charge is 0.485 e. The average molecular weight is 407 g/mol. The second-order valence-electron chi connectivity index (χ2n) is 6.85. The van der Waals surface area contributed by atoms with E-state index in [1.807, 2.05) is 0 Å². The summed E-state index contributed by atoms with van der Waals surface area (Å²) in [4.78, 5) is 22.0. The summed E-state index contributed by atoms with van der Waals surface area (Å²) in [6.45, 7) is 9.01. The van der Waals surface area contributed by atoms with Gasteiger partial charge < -0.3 is 19.5 Å². The quantitative estimate of drug-likeness (QED) is 0.725. The number of alkyl carbamates (subject to hydrolysis) is 1. The minimum absolute atomic E-state index is 0.118. The Balaban J connectivity index is 2.00. The van der Waals surface area contributed by atoms with Gasteiger partial charge >= 0.3 is 6.09 Å². The van der Waals surface area contributed by atoms with E-state index in [1.54, 1.807) is 20.8 Å². The zero-order valence-corrected chi connectivity index (χ0v) is 16.6. The highest BCUT2D eigenvalue weighted by atomic mass is 35.5. The second-order valence-corrected chi connectivity index (χ2v) is 7.57. The summed E-state index contributed by atoms with van der Waals surface area (Å²) in [6.07, 6.45) is 0.739. The maximum atomic E-state index is 12.1. The van der Waals surface area contributed by atoms with Crippen molar-refractivity contribution in [3.05, 3.63) is 16.6 Å². The molecular formula is C16H24Cl2N4O4. The van der Waals surface area contributed by atoms with Crippen molar-refractivity contribution in [3.63, 3.8) is 0 Å². The van der Waals surface area contributed by atoms with E-state index < -0.39 is 11.7 Å². The van der Waals surface area contributed by atoms with E-state index in [1.165, 1.54) is 6.33 Å². The third-order valence-corrected chi connectivity index (χ3v) is 3.99. The summed E-state index contributed by atoms with van der Waals surface area (Å²) in [7, 11) is 0. The Kier molecular flexibility index (Phi) is 7.69. The van der Waals surface area contributed by atoms with Crippen LogP contribution >= 0.6 is 23.2 Å². The Morgan fingerprint density at radius 2 is 1.92 bits per heavy atom. The first-order valence-electron chi connectivity index (χ1n) is 8.33. The Hall–Kier alpha value is -1.35. The summed E-state index contributed by atoms with van der Waals surface area (Å²) in [5, 5.41) is 3.07. The molecule has 0 saturated carbocycles. The molecule has 146 valence electrons. The van der Waals surface area contributed by atoms with Gasteiger partial charge in [0.15, 0.2) is 16.1 Å². The zero-order chi connectivity index (χ0) is 19.2. The number of morpholine rings is 1. The lowest BCUT2D eigenvalue weighted by Gasteiger charge is -2.31. The highest BCUT2D eigenvalue weighted by Gasteiger charge is 2.23. The fourth-order valence-corrected chi connectivity index (χ4v) is 2.77. The standard InChI is InChI=1S/C16H24Cl2N4O4/c1-16(2,3)26-15(23)21-11(8-22-4-6-24-7-5-22)9-25-12-13(17)19-10-20-14(12)18/h10-11H,4-9H2,1-3H3,(H,21,23)/t11-/m1/s1. The first-order chi connectivity index (χ1) is 12.2. The van der Waals surface area contributed by atoms with Crippen molar-refractivity contribution in [1.29, 1.82) is 0 Å². The molecule has 2 rings (SSSR count). The number of halogens is 2. The monoisotopic (exact) mass is 406 g/mol. The topological polar surface area (TPSA) is 85.8 Å². The van der Waals surface area contributed by atoms with Crippen LogP contribution in [-0.4, -0.2) is 72.1 Å². The molecular weight excluding hydrogens is 383 g/mol. The molecule has 8 nitrogen and oxygen atoms in total. The van der Waals surface area contributed by atoms with Gasteiger partial charge in [-0.05, 0) is 20.8 Å². The van der Waals surface area contributed by atoms with Crippen LogP contribution in [0.2, 0.25) is 10.3 Å². The van der Waals surface area contributed by atoms with Crippen LogP contribution < -0.4 is 10.1 Å². The van der Waals surface area contributed by atoms with Crippen LogP contribution in [0.25, 0.3) is 0 Å². The van der Waals surface area contributed by atoms with Gasteiger partial charge in [-0.2, -0.15) is 0 Å². The van der Waals surface area contributed by atoms with Gasteiger partial charge in [-0.15, -0.1) is 0 Å². The number of amides is 1. The molecule has 1 amide bonds. The molecule has 0 spiro atoms. The number of nitrogens with zero attached hydrogens (tertiary/aromatic N) is 3. The lowest BCUT2D eigenvalue weighted by atomic mass is 10.2. The second kappa shape index (κ2) is 9.55. The predicted molar refractivity (Wildman–Crippen MR) is 98.0 cm³/mol. The molecule has 0 aromatic carbocycles. The number of hydrogen-bond acceptors (Lipinski definition) is 7. The molecule has 0 bridgehead atoms. The molecule has 1 atom stereocenters. The minimum atomic E-state index is -0.589. The van der Waals surface area contributed by atoms with Crippen molar-refractivity contribution in [2.45, 2.75) is 32.4 Å². The van der Waals surface area contributed by atoms with Crippen molar-refractivity contribution < 1.29 is 19.0 Å². The third kappa shape index (κ3) is 7.11. The summed E-state index contributed by atoms with van der Waals surface area (Å²) < 4.78 is 16.4. The van der Waals surface area contributed by atoms with E-state index in [0.717, 1.165) is 13.1 Å². The van der Waals surface area contributed by atoms with E-state index in [0.29, 0.717) is 19.8 Å². The first-order valence-corrected chi connectivity index (χ1v) is 9.08. The van der Waals surface area contributed by atoms with Gasteiger partial charge in [-0.3, -0.25) is 4.90 Å². The molecule has 26 heavy (non-hydrogen) atoms. The molecule has 1 N–H and O–H groups in total. The van der Waals surface area contributed by atoms with E-state index >= 15 is 0 Å². The average Bonchev–Trinajstić information content (AvgIpc) is 2.53. The fraction of sp³-hybridized carbons (Fsp3) is 0.688. The number of rotatable bonds is 6. The minimum Gasteiger partial charge on any atom is -0.485 e. The highest BCUT2D eigenvalue weighted by Crippen LogP contribution is 2.28. The molecule has 1 aliphatic rings.